The predicted molar refractivity (Wildman–Crippen MR) is 147 cm³/mol. The minimum Gasteiger partial charge on any atom is -0.497 e. The molecule has 40 heavy (non-hydrogen) atoms. The van der Waals surface area contributed by atoms with Crippen LogP contribution in [0.4, 0.5) is 4.79 Å². The molecule has 0 radical (unpaired) electrons. The molecule has 2 saturated heterocycles. The van der Waals surface area contributed by atoms with E-state index in [1.807, 2.05) is 44.2 Å². The Morgan fingerprint density at radius 3 is 2.42 bits per heavy atom. The highest BCUT2D eigenvalue weighted by molar-refractivity contribution is 7.89. The normalized spacial score (nSPS) is 24.9. The number of carbonyl (C=O) groups excluding carboxylic acids is 1. The van der Waals surface area contributed by atoms with Crippen LogP contribution in [-0.2, 0) is 30.7 Å². The number of nitrogens with one attached hydrogen (secondary N) is 1. The van der Waals surface area contributed by atoms with Crippen LogP contribution in [-0.4, -0.2) is 81.0 Å². The van der Waals surface area contributed by atoms with E-state index in [1.165, 1.54) is 26.2 Å². The predicted octanol–water partition coefficient (Wildman–Crippen LogP) is 2.09. The smallest absolute Gasteiger partial charge is 0.407 e. The topological polar surface area (TPSA) is 150 Å². The molecule has 2 aliphatic rings. The molecule has 0 spiro atoms. The third-order valence-electron chi connectivity index (χ3n) is 7.29. The van der Waals surface area contributed by atoms with Gasteiger partial charge in [0.15, 0.2) is 6.29 Å². The number of alkyl carbamates (subject to hydrolysis) is 1. The van der Waals surface area contributed by atoms with Gasteiger partial charge >= 0.3 is 6.09 Å². The monoisotopic (exact) mass is 577 g/mol. The minimum absolute atomic E-state index is 0.00418. The molecule has 6 atom stereocenters. The average Bonchev–Trinajstić information content (AvgIpc) is 3.50. The van der Waals surface area contributed by atoms with E-state index in [4.69, 9.17) is 24.7 Å². The van der Waals surface area contributed by atoms with Gasteiger partial charge in [-0.1, -0.05) is 44.2 Å². The van der Waals surface area contributed by atoms with Crippen LogP contribution in [0.25, 0.3) is 0 Å². The van der Waals surface area contributed by atoms with Crippen LogP contribution >= 0.6 is 0 Å². The van der Waals surface area contributed by atoms with Crippen molar-refractivity contribution in [2.24, 2.45) is 17.6 Å². The standard InChI is InChI=1S/C28H39N3O8S/c1-18(2)15-31(40(34,35)21-12-10-20(36-4)11-13-21)28(3,33)24(14-19-8-6-5-7-9-19)30-27(32)39-23-17-38-26-25(23)22(29)16-37-26/h5-13,18,22-26,33H,14-17,29H2,1-4H3,(H,30,32)/t22-,23-,24-,25-,26+,28+/m0/s1. The maximum absolute atomic E-state index is 13.9. The molecule has 4 N–H and O–H groups in total. The van der Waals surface area contributed by atoms with Crippen molar-refractivity contribution in [2.75, 3.05) is 26.9 Å². The Labute approximate surface area is 235 Å². The van der Waals surface area contributed by atoms with E-state index in [9.17, 15) is 18.3 Å². The van der Waals surface area contributed by atoms with Crippen molar-refractivity contribution in [3.05, 3.63) is 60.2 Å². The van der Waals surface area contributed by atoms with E-state index in [0.29, 0.717) is 12.4 Å². The minimum atomic E-state index is -4.21. The lowest BCUT2D eigenvalue weighted by atomic mass is 9.96. The molecule has 2 heterocycles. The number of fused-ring (bicyclic) bond motifs is 1. The van der Waals surface area contributed by atoms with Gasteiger partial charge < -0.3 is 35.1 Å². The van der Waals surface area contributed by atoms with E-state index < -0.39 is 40.3 Å². The summed E-state index contributed by atoms with van der Waals surface area (Å²) in [6.07, 6.45) is -1.86. The van der Waals surface area contributed by atoms with E-state index in [1.54, 1.807) is 12.1 Å². The number of benzene rings is 2. The number of nitrogens with zero attached hydrogens (tertiary/aromatic N) is 1. The third-order valence-corrected chi connectivity index (χ3v) is 9.26. The molecule has 220 valence electrons. The molecule has 12 heteroatoms. The maximum Gasteiger partial charge on any atom is 0.407 e. The molecule has 2 aromatic rings. The van der Waals surface area contributed by atoms with Crippen molar-refractivity contribution < 1.29 is 37.3 Å². The number of rotatable bonds is 11. The van der Waals surface area contributed by atoms with Gasteiger partial charge in [-0.15, -0.1) is 0 Å². The zero-order valence-electron chi connectivity index (χ0n) is 23.2. The third kappa shape index (κ3) is 6.59. The fourth-order valence-corrected chi connectivity index (χ4v) is 6.95. The van der Waals surface area contributed by atoms with Gasteiger partial charge in [-0.3, -0.25) is 0 Å². The lowest BCUT2D eigenvalue weighted by molar-refractivity contribution is -0.0908. The average molecular weight is 578 g/mol. The zero-order valence-corrected chi connectivity index (χ0v) is 24.0. The maximum atomic E-state index is 13.9. The van der Waals surface area contributed by atoms with Gasteiger partial charge in [0.05, 0.1) is 37.2 Å². The molecule has 0 saturated carbocycles. The Hall–Kier alpha value is -2.74. The number of methoxy groups -OCH3 is 1. The highest BCUT2D eigenvalue weighted by Gasteiger charge is 2.50. The largest absolute Gasteiger partial charge is 0.497 e. The zero-order chi connectivity index (χ0) is 29.1. The number of amides is 1. The first kappa shape index (κ1) is 30.2. The fraction of sp³-hybridized carbons (Fsp3) is 0.536. The number of hydrogen-bond donors (Lipinski definition) is 3. The van der Waals surface area contributed by atoms with E-state index in [0.717, 1.165) is 9.87 Å². The van der Waals surface area contributed by atoms with Gasteiger partial charge in [0.2, 0.25) is 10.0 Å². The van der Waals surface area contributed by atoms with Crippen molar-refractivity contribution in [2.45, 2.75) is 62.3 Å². The Balaban J connectivity index is 1.64. The van der Waals surface area contributed by atoms with Crippen molar-refractivity contribution in [1.29, 1.82) is 0 Å². The molecule has 0 unspecified atom stereocenters. The van der Waals surface area contributed by atoms with E-state index in [-0.39, 0.29) is 42.3 Å². The first-order valence-electron chi connectivity index (χ1n) is 13.3. The summed E-state index contributed by atoms with van der Waals surface area (Å²) in [4.78, 5) is 13.2. The lowest BCUT2D eigenvalue weighted by Crippen LogP contribution is -2.63. The number of carbonyl (C=O) groups is 1. The van der Waals surface area contributed by atoms with E-state index >= 15 is 0 Å². The summed E-state index contributed by atoms with van der Waals surface area (Å²) in [5.74, 6) is 0.0463. The fourth-order valence-electron chi connectivity index (χ4n) is 5.10. The molecule has 2 aliphatic heterocycles. The first-order chi connectivity index (χ1) is 18.9. The highest BCUT2D eigenvalue weighted by atomic mass is 32.2. The van der Waals surface area contributed by atoms with Gasteiger partial charge in [-0.2, -0.15) is 4.31 Å². The number of sulfonamides is 1. The summed E-state index contributed by atoms with van der Waals surface area (Å²) in [5.41, 5.74) is 4.86. The second kappa shape index (κ2) is 12.4. The van der Waals surface area contributed by atoms with Crippen molar-refractivity contribution in [3.63, 3.8) is 0 Å². The second-order valence-corrected chi connectivity index (χ2v) is 12.7. The molecule has 2 fully saturated rings. The van der Waals surface area contributed by atoms with Gasteiger partial charge in [0.25, 0.3) is 0 Å². The second-order valence-electron chi connectivity index (χ2n) is 10.8. The van der Waals surface area contributed by atoms with Crippen LogP contribution in [0.5, 0.6) is 5.75 Å². The molecule has 4 rings (SSSR count). The molecule has 11 nitrogen and oxygen atoms in total. The Morgan fingerprint density at radius 1 is 1.15 bits per heavy atom. The van der Waals surface area contributed by atoms with Crippen LogP contribution in [0, 0.1) is 11.8 Å². The Morgan fingerprint density at radius 2 is 1.80 bits per heavy atom. The molecular weight excluding hydrogens is 538 g/mol. The van der Waals surface area contributed by atoms with Crippen molar-refractivity contribution >= 4 is 16.1 Å². The molecular formula is C28H39N3O8S. The molecule has 1 amide bonds. The number of hydrogen-bond acceptors (Lipinski definition) is 9. The number of aliphatic hydroxyl groups is 1. The molecule has 0 aliphatic carbocycles. The summed E-state index contributed by atoms with van der Waals surface area (Å²) in [5, 5.41) is 14.8. The van der Waals surface area contributed by atoms with Crippen LogP contribution in [0.15, 0.2) is 59.5 Å². The SMILES string of the molecule is COc1ccc(S(=O)(=O)N(CC(C)C)[C@](C)(O)[C@H](Cc2ccccc2)NC(=O)O[C@H]2CO[C@H]3OC[C@H](N)[C@H]32)cc1. The number of ether oxygens (including phenoxy) is 4. The van der Waals surface area contributed by atoms with Crippen molar-refractivity contribution in [3.8, 4) is 5.75 Å². The van der Waals surface area contributed by atoms with Gasteiger partial charge in [-0.05, 0) is 49.1 Å². The Bertz CT molecular complexity index is 1240. The summed E-state index contributed by atoms with van der Waals surface area (Å²) in [6.45, 7) is 5.51. The van der Waals surface area contributed by atoms with Crippen LogP contribution in [0.1, 0.15) is 26.3 Å². The van der Waals surface area contributed by atoms with Gasteiger partial charge in [0.1, 0.15) is 17.6 Å². The summed E-state index contributed by atoms with van der Waals surface area (Å²) in [7, 11) is -2.72. The first-order valence-corrected chi connectivity index (χ1v) is 14.8. The summed E-state index contributed by atoms with van der Waals surface area (Å²) >= 11 is 0. The van der Waals surface area contributed by atoms with Crippen LogP contribution in [0.3, 0.4) is 0 Å². The molecule has 2 aromatic carbocycles. The van der Waals surface area contributed by atoms with Gasteiger partial charge in [-0.25, -0.2) is 13.2 Å². The molecule has 0 aromatic heterocycles. The van der Waals surface area contributed by atoms with Gasteiger partial charge in [0, 0.05) is 12.6 Å². The lowest BCUT2D eigenvalue weighted by Gasteiger charge is -2.42. The van der Waals surface area contributed by atoms with E-state index in [2.05, 4.69) is 5.32 Å². The molecule has 0 bridgehead atoms. The van der Waals surface area contributed by atoms with Crippen molar-refractivity contribution in [1.82, 2.24) is 9.62 Å². The quantitative estimate of drug-likeness (QED) is 0.341. The summed E-state index contributed by atoms with van der Waals surface area (Å²) < 4.78 is 50.8. The number of nitrogens with two attached hydrogens (primary N) is 1. The highest BCUT2D eigenvalue weighted by Crippen LogP contribution is 2.33. The van der Waals surface area contributed by atoms with Crippen LogP contribution in [0.2, 0.25) is 0 Å². The van der Waals surface area contributed by atoms with Crippen LogP contribution < -0.4 is 15.8 Å². The Kier molecular flexibility index (Phi) is 9.38. The summed E-state index contributed by atoms with van der Waals surface area (Å²) in [6, 6.07) is 13.7.